The molecule has 0 bridgehead atoms. The number of ether oxygens (including phenoxy) is 2. The van der Waals surface area contributed by atoms with Gasteiger partial charge in [0.05, 0.1) is 38.3 Å². The highest BCUT2D eigenvalue weighted by atomic mass is 32.2. The van der Waals surface area contributed by atoms with Crippen molar-refractivity contribution in [2.75, 3.05) is 38.7 Å². The lowest BCUT2D eigenvalue weighted by Gasteiger charge is -2.11. The van der Waals surface area contributed by atoms with Gasteiger partial charge >= 0.3 is 0 Å². The molecule has 33 heavy (non-hydrogen) atoms. The summed E-state index contributed by atoms with van der Waals surface area (Å²) in [5, 5.41) is 12.7. The van der Waals surface area contributed by atoms with Crippen LogP contribution >= 0.6 is 11.8 Å². The summed E-state index contributed by atoms with van der Waals surface area (Å²) < 4.78 is 12.4. The van der Waals surface area contributed by atoms with Crippen LogP contribution in [0.4, 0.5) is 5.82 Å². The lowest BCUT2D eigenvalue weighted by Crippen LogP contribution is -2.28. The fraction of sp³-hybridized carbons (Fsp3) is 0.478. The van der Waals surface area contributed by atoms with E-state index in [0.717, 1.165) is 28.2 Å². The molecular formula is C23H32N6O3S. The third-order valence-electron chi connectivity index (χ3n) is 4.73. The minimum Gasteiger partial charge on any atom is -0.497 e. The van der Waals surface area contributed by atoms with E-state index in [4.69, 9.17) is 14.5 Å². The Bertz CT molecular complexity index is 1040. The van der Waals surface area contributed by atoms with Crippen molar-refractivity contribution in [2.45, 2.75) is 44.1 Å². The first-order valence-corrected chi connectivity index (χ1v) is 12.0. The Morgan fingerprint density at radius 3 is 2.67 bits per heavy atom. The largest absolute Gasteiger partial charge is 0.497 e. The van der Waals surface area contributed by atoms with Gasteiger partial charge in [0.1, 0.15) is 11.6 Å². The van der Waals surface area contributed by atoms with Gasteiger partial charge in [-0.05, 0) is 24.6 Å². The quantitative estimate of drug-likeness (QED) is 0.222. The van der Waals surface area contributed by atoms with Crippen molar-refractivity contribution >= 4 is 34.5 Å². The van der Waals surface area contributed by atoms with Crippen LogP contribution in [-0.4, -0.2) is 64.3 Å². The van der Waals surface area contributed by atoms with Crippen molar-refractivity contribution < 1.29 is 14.3 Å². The molecule has 2 aromatic heterocycles. The fourth-order valence-electron chi connectivity index (χ4n) is 3.18. The molecule has 0 spiro atoms. The second kappa shape index (κ2) is 12.4. The number of aromatic nitrogens is 4. The second-order valence-corrected chi connectivity index (χ2v) is 9.17. The number of methoxy groups -OCH3 is 1. The number of anilines is 1. The number of thioether (sulfide) groups is 1. The summed E-state index contributed by atoms with van der Waals surface area (Å²) in [7, 11) is 1.62. The molecule has 0 saturated carbocycles. The van der Waals surface area contributed by atoms with E-state index in [1.54, 1.807) is 25.1 Å². The maximum atomic E-state index is 12.3. The van der Waals surface area contributed by atoms with Gasteiger partial charge in [-0.25, -0.2) is 14.6 Å². The Morgan fingerprint density at radius 1 is 1.18 bits per heavy atom. The monoisotopic (exact) mass is 472 g/mol. The first-order chi connectivity index (χ1) is 16.0. The van der Waals surface area contributed by atoms with Crippen LogP contribution in [0.3, 0.4) is 0 Å². The summed E-state index contributed by atoms with van der Waals surface area (Å²) in [4.78, 5) is 21.7. The Morgan fingerprint density at radius 2 is 1.97 bits per heavy atom. The molecule has 1 amide bonds. The van der Waals surface area contributed by atoms with E-state index in [0.29, 0.717) is 49.7 Å². The lowest BCUT2D eigenvalue weighted by molar-refractivity contribution is -0.120. The predicted octanol–water partition coefficient (Wildman–Crippen LogP) is 3.14. The number of carbonyl (C=O) groups excluding carboxylic acids is 1. The van der Waals surface area contributed by atoms with Crippen LogP contribution < -0.4 is 15.4 Å². The highest BCUT2D eigenvalue weighted by Crippen LogP contribution is 2.26. The summed E-state index contributed by atoms with van der Waals surface area (Å²) in [6.07, 6.45) is 2.08. The molecule has 0 saturated heterocycles. The average Bonchev–Trinajstić information content (AvgIpc) is 3.20. The fourth-order valence-corrected chi connectivity index (χ4v) is 3.88. The summed E-state index contributed by atoms with van der Waals surface area (Å²) in [6.45, 7) is 9.08. The molecule has 0 aliphatic heterocycles. The number of nitrogens with one attached hydrogen (secondary N) is 2. The third kappa shape index (κ3) is 7.33. The zero-order chi connectivity index (χ0) is 23.6. The molecule has 178 valence electrons. The molecule has 0 aliphatic carbocycles. The highest BCUT2D eigenvalue weighted by Gasteiger charge is 2.14. The van der Waals surface area contributed by atoms with Crippen LogP contribution in [0.5, 0.6) is 5.75 Å². The van der Waals surface area contributed by atoms with E-state index in [2.05, 4.69) is 34.6 Å². The van der Waals surface area contributed by atoms with Crippen molar-refractivity contribution in [1.82, 2.24) is 25.1 Å². The van der Waals surface area contributed by atoms with Crippen LogP contribution in [0.15, 0.2) is 35.6 Å². The van der Waals surface area contributed by atoms with Crippen LogP contribution in [0.25, 0.3) is 11.0 Å². The third-order valence-corrected chi connectivity index (χ3v) is 5.59. The number of hydrogen-bond acceptors (Lipinski definition) is 8. The summed E-state index contributed by atoms with van der Waals surface area (Å²) in [5.41, 5.74) is 1.68. The zero-order valence-electron chi connectivity index (χ0n) is 19.6. The lowest BCUT2D eigenvalue weighted by atomic mass is 10.1. The SMILES string of the molecule is CCOCCNc1nc(SC(C)C)nc2c1cnn2CCNC(=O)Cc1ccc(OC)cc1. The Hall–Kier alpha value is -2.85. The van der Waals surface area contributed by atoms with Gasteiger partial charge in [-0.1, -0.05) is 37.7 Å². The number of hydrogen-bond donors (Lipinski definition) is 2. The van der Waals surface area contributed by atoms with E-state index in [9.17, 15) is 4.79 Å². The summed E-state index contributed by atoms with van der Waals surface area (Å²) >= 11 is 1.60. The van der Waals surface area contributed by atoms with Gasteiger partial charge < -0.3 is 20.1 Å². The number of carbonyl (C=O) groups is 1. The Balaban J connectivity index is 1.64. The maximum Gasteiger partial charge on any atom is 0.224 e. The first kappa shape index (κ1) is 24.8. The molecule has 3 aromatic rings. The molecule has 9 nitrogen and oxygen atoms in total. The van der Waals surface area contributed by atoms with Crippen molar-refractivity contribution in [3.05, 3.63) is 36.0 Å². The second-order valence-electron chi connectivity index (χ2n) is 7.62. The molecule has 3 rings (SSSR count). The normalized spacial score (nSPS) is 11.2. The van der Waals surface area contributed by atoms with E-state index in [-0.39, 0.29) is 5.91 Å². The molecule has 0 aliphatic rings. The van der Waals surface area contributed by atoms with Crippen LogP contribution in [-0.2, 0) is 22.5 Å². The van der Waals surface area contributed by atoms with Gasteiger partial charge in [0, 0.05) is 24.9 Å². The Kier molecular flexibility index (Phi) is 9.32. The van der Waals surface area contributed by atoms with Crippen molar-refractivity contribution in [3.63, 3.8) is 0 Å². The van der Waals surface area contributed by atoms with Crippen molar-refractivity contribution in [3.8, 4) is 5.75 Å². The molecule has 0 fully saturated rings. The molecule has 0 atom stereocenters. The van der Waals surface area contributed by atoms with Gasteiger partial charge in [-0.2, -0.15) is 5.10 Å². The van der Waals surface area contributed by atoms with Crippen molar-refractivity contribution in [1.29, 1.82) is 0 Å². The van der Waals surface area contributed by atoms with Gasteiger partial charge in [0.15, 0.2) is 10.8 Å². The minimum atomic E-state index is -0.0411. The number of nitrogens with zero attached hydrogens (tertiary/aromatic N) is 4. The zero-order valence-corrected chi connectivity index (χ0v) is 20.4. The molecular weight excluding hydrogens is 440 g/mol. The van der Waals surface area contributed by atoms with E-state index >= 15 is 0 Å². The van der Waals surface area contributed by atoms with Gasteiger partial charge in [-0.15, -0.1) is 0 Å². The highest BCUT2D eigenvalue weighted by molar-refractivity contribution is 7.99. The summed E-state index contributed by atoms with van der Waals surface area (Å²) in [6, 6.07) is 7.49. The number of amides is 1. The Labute approximate surface area is 198 Å². The van der Waals surface area contributed by atoms with E-state index in [1.807, 2.05) is 35.9 Å². The van der Waals surface area contributed by atoms with Crippen molar-refractivity contribution in [2.24, 2.45) is 0 Å². The number of fused-ring (bicyclic) bond motifs is 1. The number of rotatable bonds is 13. The van der Waals surface area contributed by atoms with Gasteiger partial charge in [0.25, 0.3) is 0 Å². The predicted molar refractivity (Wildman–Crippen MR) is 131 cm³/mol. The molecule has 10 heteroatoms. The van der Waals surface area contributed by atoms with E-state index < -0.39 is 0 Å². The smallest absolute Gasteiger partial charge is 0.224 e. The maximum absolute atomic E-state index is 12.3. The number of benzene rings is 1. The molecule has 1 aromatic carbocycles. The average molecular weight is 473 g/mol. The van der Waals surface area contributed by atoms with Gasteiger partial charge in [-0.3, -0.25) is 4.79 Å². The van der Waals surface area contributed by atoms with Crippen LogP contribution in [0.1, 0.15) is 26.3 Å². The molecule has 2 N–H and O–H groups in total. The molecule has 0 radical (unpaired) electrons. The molecule has 2 heterocycles. The topological polar surface area (TPSA) is 103 Å². The van der Waals surface area contributed by atoms with E-state index in [1.165, 1.54) is 0 Å². The molecule has 0 unspecified atom stereocenters. The summed E-state index contributed by atoms with van der Waals surface area (Å²) in [5.74, 6) is 1.48. The van der Waals surface area contributed by atoms with Gasteiger partial charge in [0.2, 0.25) is 5.91 Å². The van der Waals surface area contributed by atoms with Crippen LogP contribution in [0, 0.1) is 0 Å². The first-order valence-electron chi connectivity index (χ1n) is 11.1. The standard InChI is InChI=1S/C23H32N6O3S/c1-5-32-13-11-25-21-19-15-26-29(22(19)28-23(27-21)33-16(2)3)12-10-24-20(30)14-17-6-8-18(31-4)9-7-17/h6-9,15-16H,5,10-14H2,1-4H3,(H,24,30)(H,25,27,28). The minimum absolute atomic E-state index is 0.0411. The van der Waals surface area contributed by atoms with Crippen LogP contribution in [0.2, 0.25) is 0 Å².